The molecule has 0 amide bonds. The fourth-order valence-electron chi connectivity index (χ4n) is 2.94. The Kier molecular flexibility index (Phi) is 8.62. The summed E-state index contributed by atoms with van der Waals surface area (Å²) in [5.74, 6) is 0.939. The first-order valence-electron chi connectivity index (χ1n) is 7.77. The Morgan fingerprint density at radius 1 is 1.16 bits per heavy atom. The summed E-state index contributed by atoms with van der Waals surface area (Å²) in [4.78, 5) is 4.78. The molecule has 0 radical (unpaired) electrons. The van der Waals surface area contributed by atoms with Gasteiger partial charge in [-0.3, -0.25) is 4.90 Å². The monoisotopic (exact) mass is 271 g/mol. The van der Waals surface area contributed by atoms with E-state index in [0.717, 1.165) is 25.6 Å². The molecule has 0 aromatic carbocycles. The third kappa shape index (κ3) is 7.88. The minimum atomic E-state index is 0.389. The van der Waals surface area contributed by atoms with Gasteiger partial charge in [0.2, 0.25) is 0 Å². The van der Waals surface area contributed by atoms with Crippen LogP contribution in [-0.2, 0) is 4.74 Å². The van der Waals surface area contributed by atoms with Crippen LogP contribution in [0.5, 0.6) is 0 Å². The molecule has 2 N–H and O–H groups in total. The highest BCUT2D eigenvalue weighted by Crippen LogP contribution is 2.12. The Morgan fingerprint density at radius 3 is 2.42 bits per heavy atom. The molecular formula is C15H33N3O. The van der Waals surface area contributed by atoms with Gasteiger partial charge in [-0.2, -0.15) is 0 Å². The van der Waals surface area contributed by atoms with Gasteiger partial charge >= 0.3 is 0 Å². The van der Waals surface area contributed by atoms with E-state index in [4.69, 9.17) is 10.5 Å². The maximum Gasteiger partial charge on any atom is 0.0589 e. The summed E-state index contributed by atoms with van der Waals surface area (Å²) in [6.07, 6.45) is 5.26. The minimum absolute atomic E-state index is 0.389. The number of ether oxygens (including phenoxy) is 1. The quantitative estimate of drug-likeness (QED) is 0.842. The number of nitrogens with zero attached hydrogens (tertiary/aromatic N) is 2. The summed E-state index contributed by atoms with van der Waals surface area (Å²) < 4.78 is 5.00. The lowest BCUT2D eigenvalue weighted by atomic mass is 10.0. The number of hydrogen-bond donors (Lipinski definition) is 1. The molecule has 2 rings (SSSR count). The fourth-order valence-corrected chi connectivity index (χ4v) is 2.94. The molecule has 2 aliphatic rings. The topological polar surface area (TPSA) is 41.7 Å². The maximum atomic E-state index is 5.81. The smallest absolute Gasteiger partial charge is 0.0589 e. The Morgan fingerprint density at radius 2 is 1.89 bits per heavy atom. The van der Waals surface area contributed by atoms with Crippen molar-refractivity contribution < 1.29 is 4.74 Å². The van der Waals surface area contributed by atoms with Crippen molar-refractivity contribution in [3.63, 3.8) is 0 Å². The van der Waals surface area contributed by atoms with Crippen molar-refractivity contribution in [3.05, 3.63) is 0 Å². The molecule has 2 saturated heterocycles. The summed E-state index contributed by atoms with van der Waals surface area (Å²) in [5.41, 5.74) is 5.81. The third-order valence-electron chi connectivity index (χ3n) is 4.01. The van der Waals surface area contributed by atoms with E-state index in [9.17, 15) is 0 Å². The van der Waals surface area contributed by atoms with E-state index in [2.05, 4.69) is 23.8 Å². The van der Waals surface area contributed by atoms with Crippen LogP contribution in [0, 0.1) is 5.92 Å². The SMILES string of the molecule is COCCN1CCCC(N)C1.C[C@@H]1CCCN(C)C1. The van der Waals surface area contributed by atoms with Crippen LogP contribution in [0.25, 0.3) is 0 Å². The lowest BCUT2D eigenvalue weighted by Crippen LogP contribution is -2.43. The number of hydrogen-bond acceptors (Lipinski definition) is 4. The Bertz CT molecular complexity index is 217. The van der Waals surface area contributed by atoms with Gasteiger partial charge in [-0.05, 0) is 51.7 Å². The highest BCUT2D eigenvalue weighted by Gasteiger charge is 2.15. The first-order valence-corrected chi connectivity index (χ1v) is 7.77. The van der Waals surface area contributed by atoms with Gasteiger partial charge in [0.1, 0.15) is 0 Å². The van der Waals surface area contributed by atoms with Crippen molar-refractivity contribution in [2.24, 2.45) is 11.7 Å². The number of methoxy groups -OCH3 is 1. The molecule has 1 unspecified atom stereocenters. The van der Waals surface area contributed by atoms with E-state index in [-0.39, 0.29) is 0 Å². The van der Waals surface area contributed by atoms with Crippen LogP contribution in [0.2, 0.25) is 0 Å². The molecule has 0 saturated carbocycles. The predicted molar refractivity (Wildman–Crippen MR) is 81.4 cm³/mol. The van der Waals surface area contributed by atoms with Crippen LogP contribution < -0.4 is 5.73 Å². The number of rotatable bonds is 3. The standard InChI is InChI=1S/C8H18N2O.C7H15N/c1-11-6-5-10-4-2-3-8(9)7-10;1-7-4-3-5-8(2)6-7/h8H,2-7,9H2,1H3;7H,3-6H2,1-2H3/t;7-/m.1/s1. The summed E-state index contributed by atoms with van der Waals surface area (Å²) >= 11 is 0. The van der Waals surface area contributed by atoms with Gasteiger partial charge in [0.15, 0.2) is 0 Å². The molecule has 19 heavy (non-hydrogen) atoms. The molecule has 2 aliphatic heterocycles. The van der Waals surface area contributed by atoms with Gasteiger partial charge in [-0.15, -0.1) is 0 Å². The summed E-state index contributed by atoms with van der Waals surface area (Å²) in [6.45, 7) is 9.04. The first kappa shape index (κ1) is 16.9. The van der Waals surface area contributed by atoms with Crippen molar-refractivity contribution in [2.45, 2.75) is 38.6 Å². The molecule has 0 bridgehead atoms. The fraction of sp³-hybridized carbons (Fsp3) is 1.00. The van der Waals surface area contributed by atoms with Gasteiger partial charge in [-0.1, -0.05) is 6.92 Å². The van der Waals surface area contributed by atoms with Gasteiger partial charge in [-0.25, -0.2) is 0 Å². The molecule has 0 aromatic heterocycles. The molecule has 0 aliphatic carbocycles. The zero-order valence-electron chi connectivity index (χ0n) is 13.1. The molecule has 2 atom stereocenters. The predicted octanol–water partition coefficient (Wildman–Crippen LogP) is 1.40. The van der Waals surface area contributed by atoms with Crippen LogP contribution in [0.1, 0.15) is 32.6 Å². The highest BCUT2D eigenvalue weighted by atomic mass is 16.5. The largest absolute Gasteiger partial charge is 0.383 e. The normalized spacial score (nSPS) is 29.7. The molecule has 4 heteroatoms. The molecule has 2 heterocycles. The minimum Gasteiger partial charge on any atom is -0.383 e. The van der Waals surface area contributed by atoms with E-state index in [0.29, 0.717) is 6.04 Å². The average Bonchev–Trinajstić information content (AvgIpc) is 2.37. The van der Waals surface area contributed by atoms with Crippen LogP contribution in [0.3, 0.4) is 0 Å². The second-order valence-electron chi connectivity index (χ2n) is 6.21. The van der Waals surface area contributed by atoms with E-state index in [1.54, 1.807) is 7.11 Å². The second kappa shape index (κ2) is 9.70. The summed E-state index contributed by atoms with van der Waals surface area (Å²) in [7, 11) is 3.94. The Balaban J connectivity index is 0.000000200. The molecule has 2 fully saturated rings. The highest BCUT2D eigenvalue weighted by molar-refractivity contribution is 4.74. The number of likely N-dealkylation sites (tertiary alicyclic amines) is 2. The summed E-state index contributed by atoms with van der Waals surface area (Å²) in [5, 5.41) is 0. The zero-order valence-corrected chi connectivity index (χ0v) is 13.1. The second-order valence-corrected chi connectivity index (χ2v) is 6.21. The maximum absolute atomic E-state index is 5.81. The van der Waals surface area contributed by atoms with Crippen LogP contribution >= 0.6 is 0 Å². The average molecular weight is 271 g/mol. The zero-order chi connectivity index (χ0) is 14.1. The Hall–Kier alpha value is -0.160. The van der Waals surface area contributed by atoms with Crippen molar-refractivity contribution >= 4 is 0 Å². The lowest BCUT2D eigenvalue weighted by molar-refractivity contribution is 0.129. The van der Waals surface area contributed by atoms with E-state index in [1.165, 1.54) is 45.3 Å². The van der Waals surface area contributed by atoms with Crippen molar-refractivity contribution in [2.75, 3.05) is 53.5 Å². The van der Waals surface area contributed by atoms with E-state index < -0.39 is 0 Å². The van der Waals surface area contributed by atoms with Gasteiger partial charge < -0.3 is 15.4 Å². The third-order valence-corrected chi connectivity index (χ3v) is 4.01. The van der Waals surface area contributed by atoms with E-state index in [1.807, 2.05) is 0 Å². The number of piperidine rings is 2. The van der Waals surface area contributed by atoms with Gasteiger partial charge in [0.25, 0.3) is 0 Å². The van der Waals surface area contributed by atoms with Crippen LogP contribution in [-0.4, -0.2) is 69.3 Å². The van der Waals surface area contributed by atoms with E-state index >= 15 is 0 Å². The van der Waals surface area contributed by atoms with Crippen molar-refractivity contribution in [1.82, 2.24) is 9.80 Å². The summed E-state index contributed by atoms with van der Waals surface area (Å²) in [6, 6.07) is 0.389. The molecule has 0 aromatic rings. The van der Waals surface area contributed by atoms with Gasteiger partial charge in [0.05, 0.1) is 6.61 Å². The van der Waals surface area contributed by atoms with Gasteiger partial charge in [0, 0.05) is 32.8 Å². The molecular weight excluding hydrogens is 238 g/mol. The lowest BCUT2D eigenvalue weighted by Gasteiger charge is -2.30. The first-order chi connectivity index (χ1) is 9.11. The van der Waals surface area contributed by atoms with Crippen molar-refractivity contribution in [1.29, 1.82) is 0 Å². The van der Waals surface area contributed by atoms with Crippen LogP contribution in [0.4, 0.5) is 0 Å². The molecule has 4 nitrogen and oxygen atoms in total. The van der Waals surface area contributed by atoms with Crippen LogP contribution in [0.15, 0.2) is 0 Å². The molecule has 114 valence electrons. The molecule has 0 spiro atoms. The number of nitrogens with two attached hydrogens (primary N) is 1. The van der Waals surface area contributed by atoms with Crippen molar-refractivity contribution in [3.8, 4) is 0 Å². The Labute approximate surface area is 119 Å².